The van der Waals surface area contributed by atoms with E-state index < -0.39 is 0 Å². The lowest BCUT2D eigenvalue weighted by molar-refractivity contribution is 0.170. The summed E-state index contributed by atoms with van der Waals surface area (Å²) in [5, 5.41) is 0. The number of nitrogens with zero attached hydrogens (tertiary/aromatic N) is 1. The van der Waals surface area contributed by atoms with E-state index in [1.54, 1.807) is 0 Å². The van der Waals surface area contributed by atoms with Gasteiger partial charge in [-0.15, -0.1) is 0 Å². The smallest absolute Gasteiger partial charge is 0.161 e. The summed E-state index contributed by atoms with van der Waals surface area (Å²) in [7, 11) is 0. The van der Waals surface area contributed by atoms with Crippen molar-refractivity contribution in [2.24, 2.45) is 11.7 Å². The molecule has 0 radical (unpaired) electrons. The Morgan fingerprint density at radius 1 is 1.21 bits per heavy atom. The monoisotopic (exact) mass is 262 g/mol. The summed E-state index contributed by atoms with van der Waals surface area (Å²) in [6.45, 7) is 7.77. The van der Waals surface area contributed by atoms with E-state index in [2.05, 4.69) is 30.9 Å². The Kier molecular flexibility index (Phi) is 3.37. The van der Waals surface area contributed by atoms with Crippen LogP contribution in [0.2, 0.25) is 0 Å². The third kappa shape index (κ3) is 2.42. The van der Waals surface area contributed by atoms with E-state index >= 15 is 0 Å². The molecule has 3 atom stereocenters. The molecule has 0 amide bonds. The van der Waals surface area contributed by atoms with Gasteiger partial charge in [0.1, 0.15) is 13.2 Å². The number of ether oxygens (including phenoxy) is 2. The molecule has 4 heteroatoms. The maximum atomic E-state index is 6.11. The van der Waals surface area contributed by atoms with E-state index in [-0.39, 0.29) is 0 Å². The van der Waals surface area contributed by atoms with Gasteiger partial charge in [0.2, 0.25) is 0 Å². The molecule has 0 aromatic heterocycles. The van der Waals surface area contributed by atoms with Crippen molar-refractivity contribution in [1.29, 1.82) is 0 Å². The number of likely N-dealkylation sites (tertiary alicyclic amines) is 1. The number of nitrogens with two attached hydrogens (primary N) is 1. The van der Waals surface area contributed by atoms with Gasteiger partial charge in [0.15, 0.2) is 11.5 Å². The quantitative estimate of drug-likeness (QED) is 0.883. The van der Waals surface area contributed by atoms with Crippen LogP contribution in [0, 0.1) is 5.92 Å². The molecule has 104 valence electrons. The molecular formula is C15H22N2O2. The molecule has 19 heavy (non-hydrogen) atoms. The summed E-state index contributed by atoms with van der Waals surface area (Å²) in [6.07, 6.45) is 0. The third-order valence-corrected chi connectivity index (χ3v) is 4.30. The Balaban J connectivity index is 1.78. The van der Waals surface area contributed by atoms with Crippen LogP contribution in [0.4, 0.5) is 0 Å². The van der Waals surface area contributed by atoms with Gasteiger partial charge in [0.05, 0.1) is 0 Å². The zero-order valence-corrected chi connectivity index (χ0v) is 11.6. The summed E-state index contributed by atoms with van der Waals surface area (Å²) in [5.74, 6) is 2.29. The zero-order valence-electron chi connectivity index (χ0n) is 11.6. The maximum absolute atomic E-state index is 6.11. The molecule has 2 N–H and O–H groups in total. The summed E-state index contributed by atoms with van der Waals surface area (Å²) >= 11 is 0. The standard InChI is InChI=1S/C15H22N2O2/c1-10-8-17(9-13(10)16)11(2)12-3-4-14-15(7-12)19-6-5-18-14/h3-4,7,10-11,13H,5-6,8-9,16H2,1-2H3. The molecule has 0 bridgehead atoms. The molecule has 2 aliphatic heterocycles. The highest BCUT2D eigenvalue weighted by atomic mass is 16.6. The van der Waals surface area contributed by atoms with Crippen molar-refractivity contribution in [2.75, 3.05) is 26.3 Å². The number of rotatable bonds is 2. The molecule has 3 rings (SSSR count). The molecular weight excluding hydrogens is 240 g/mol. The maximum Gasteiger partial charge on any atom is 0.161 e. The van der Waals surface area contributed by atoms with Crippen LogP contribution in [0.3, 0.4) is 0 Å². The molecule has 4 nitrogen and oxygen atoms in total. The van der Waals surface area contributed by atoms with Gasteiger partial charge in [-0.25, -0.2) is 0 Å². The Labute approximate surface area is 114 Å². The first-order valence-electron chi connectivity index (χ1n) is 7.04. The number of benzene rings is 1. The first-order chi connectivity index (χ1) is 9.15. The topological polar surface area (TPSA) is 47.7 Å². The van der Waals surface area contributed by atoms with Gasteiger partial charge in [-0.2, -0.15) is 0 Å². The Hall–Kier alpha value is -1.26. The molecule has 1 saturated heterocycles. The molecule has 1 aromatic rings. The van der Waals surface area contributed by atoms with Gasteiger partial charge >= 0.3 is 0 Å². The lowest BCUT2D eigenvalue weighted by Gasteiger charge is -2.26. The van der Waals surface area contributed by atoms with Crippen LogP contribution in [0.25, 0.3) is 0 Å². The van der Waals surface area contributed by atoms with Gasteiger partial charge < -0.3 is 15.2 Å². The summed E-state index contributed by atoms with van der Waals surface area (Å²) in [6, 6.07) is 6.91. The van der Waals surface area contributed by atoms with Gasteiger partial charge in [0, 0.05) is 25.2 Å². The second-order valence-electron chi connectivity index (χ2n) is 5.67. The Morgan fingerprint density at radius 3 is 2.63 bits per heavy atom. The van der Waals surface area contributed by atoms with Crippen LogP contribution in [-0.2, 0) is 0 Å². The van der Waals surface area contributed by atoms with Crippen molar-refractivity contribution in [2.45, 2.75) is 25.9 Å². The molecule has 2 aliphatic rings. The average molecular weight is 262 g/mol. The molecule has 2 heterocycles. The highest BCUT2D eigenvalue weighted by molar-refractivity contribution is 5.44. The molecule has 0 aliphatic carbocycles. The van der Waals surface area contributed by atoms with E-state index in [1.807, 2.05) is 6.07 Å². The molecule has 1 aromatic carbocycles. The average Bonchev–Trinajstić information content (AvgIpc) is 2.77. The van der Waals surface area contributed by atoms with Crippen molar-refractivity contribution in [3.05, 3.63) is 23.8 Å². The van der Waals surface area contributed by atoms with Crippen LogP contribution in [-0.4, -0.2) is 37.2 Å². The molecule has 0 spiro atoms. The van der Waals surface area contributed by atoms with E-state index in [4.69, 9.17) is 15.2 Å². The number of fused-ring (bicyclic) bond motifs is 1. The minimum atomic E-state index is 0.291. The van der Waals surface area contributed by atoms with Gasteiger partial charge in [0.25, 0.3) is 0 Å². The highest BCUT2D eigenvalue weighted by Crippen LogP contribution is 2.35. The predicted octanol–water partition coefficient (Wildman–Crippen LogP) is 1.80. The van der Waals surface area contributed by atoms with Crippen molar-refractivity contribution < 1.29 is 9.47 Å². The van der Waals surface area contributed by atoms with Gasteiger partial charge in [-0.3, -0.25) is 4.90 Å². The van der Waals surface area contributed by atoms with Gasteiger partial charge in [-0.05, 0) is 30.5 Å². The molecule has 0 saturated carbocycles. The Morgan fingerprint density at radius 2 is 1.95 bits per heavy atom. The van der Waals surface area contributed by atoms with Crippen LogP contribution in [0.1, 0.15) is 25.5 Å². The summed E-state index contributed by atoms with van der Waals surface area (Å²) in [5.41, 5.74) is 7.38. The second kappa shape index (κ2) is 5.02. The van der Waals surface area contributed by atoms with E-state index in [9.17, 15) is 0 Å². The van der Waals surface area contributed by atoms with Crippen LogP contribution in [0.15, 0.2) is 18.2 Å². The van der Waals surface area contributed by atoms with E-state index in [0.29, 0.717) is 31.2 Å². The van der Waals surface area contributed by atoms with Crippen molar-refractivity contribution >= 4 is 0 Å². The summed E-state index contributed by atoms with van der Waals surface area (Å²) < 4.78 is 11.2. The van der Waals surface area contributed by atoms with Gasteiger partial charge in [-0.1, -0.05) is 13.0 Å². The number of hydrogen-bond acceptors (Lipinski definition) is 4. The van der Waals surface area contributed by atoms with Crippen LogP contribution >= 0.6 is 0 Å². The molecule has 1 fully saturated rings. The third-order valence-electron chi connectivity index (χ3n) is 4.30. The second-order valence-corrected chi connectivity index (χ2v) is 5.67. The van der Waals surface area contributed by atoms with Crippen molar-refractivity contribution in [3.63, 3.8) is 0 Å². The van der Waals surface area contributed by atoms with Crippen LogP contribution in [0.5, 0.6) is 11.5 Å². The van der Waals surface area contributed by atoms with E-state index in [1.165, 1.54) is 5.56 Å². The lowest BCUT2D eigenvalue weighted by Crippen LogP contribution is -2.29. The van der Waals surface area contributed by atoms with Crippen LogP contribution < -0.4 is 15.2 Å². The fourth-order valence-electron chi connectivity index (χ4n) is 2.88. The minimum Gasteiger partial charge on any atom is -0.486 e. The highest BCUT2D eigenvalue weighted by Gasteiger charge is 2.30. The fourth-order valence-corrected chi connectivity index (χ4v) is 2.88. The largest absolute Gasteiger partial charge is 0.486 e. The van der Waals surface area contributed by atoms with Crippen molar-refractivity contribution in [1.82, 2.24) is 4.90 Å². The number of hydrogen-bond donors (Lipinski definition) is 1. The fraction of sp³-hybridized carbons (Fsp3) is 0.600. The summed E-state index contributed by atoms with van der Waals surface area (Å²) in [4.78, 5) is 2.45. The van der Waals surface area contributed by atoms with E-state index in [0.717, 1.165) is 24.6 Å². The lowest BCUT2D eigenvalue weighted by atomic mass is 10.1. The Bertz CT molecular complexity index is 453. The predicted molar refractivity (Wildman–Crippen MR) is 74.6 cm³/mol. The minimum absolute atomic E-state index is 0.291. The first kappa shape index (κ1) is 12.8. The normalized spacial score (nSPS) is 28.4. The van der Waals surface area contributed by atoms with Crippen molar-refractivity contribution in [3.8, 4) is 11.5 Å². The first-order valence-corrected chi connectivity index (χ1v) is 7.04. The SMILES string of the molecule is CC1CN(C(C)c2ccc3c(c2)OCCO3)CC1N. The zero-order chi connectivity index (χ0) is 13.4. The molecule has 3 unspecified atom stereocenters.